The van der Waals surface area contributed by atoms with Gasteiger partial charge in [0.25, 0.3) is 11.8 Å². The van der Waals surface area contributed by atoms with Crippen LogP contribution in [0.5, 0.6) is 5.75 Å². The number of furan rings is 1. The van der Waals surface area contributed by atoms with E-state index in [-0.39, 0.29) is 18.1 Å². The van der Waals surface area contributed by atoms with Crippen LogP contribution in [-0.4, -0.2) is 38.0 Å². The molecule has 2 aromatic rings. The molecule has 0 aliphatic rings. The van der Waals surface area contributed by atoms with Gasteiger partial charge in [-0.2, -0.15) is 0 Å². The molecule has 0 unspecified atom stereocenters. The Morgan fingerprint density at radius 3 is 2.65 bits per heavy atom. The first-order chi connectivity index (χ1) is 12.6. The summed E-state index contributed by atoms with van der Waals surface area (Å²) in [6.45, 7) is -0.0995. The third-order valence-corrected chi connectivity index (χ3v) is 3.33. The van der Waals surface area contributed by atoms with Crippen molar-refractivity contribution in [2.45, 2.75) is 12.8 Å². The van der Waals surface area contributed by atoms with Gasteiger partial charge in [-0.3, -0.25) is 14.4 Å². The molecule has 2 N–H and O–H groups in total. The Hall–Kier alpha value is -3.29. The molecule has 2 rings (SSSR count). The highest BCUT2D eigenvalue weighted by Gasteiger charge is 2.11. The lowest BCUT2D eigenvalue weighted by Crippen LogP contribution is -2.25. The average molecular weight is 360 g/mol. The molecule has 1 heterocycles. The molecule has 8 heteroatoms. The van der Waals surface area contributed by atoms with Crippen LogP contribution in [-0.2, 0) is 14.3 Å². The van der Waals surface area contributed by atoms with Gasteiger partial charge in [-0.1, -0.05) is 12.1 Å². The van der Waals surface area contributed by atoms with Crippen molar-refractivity contribution in [1.29, 1.82) is 0 Å². The summed E-state index contributed by atoms with van der Waals surface area (Å²) in [5.41, 5.74) is 0.497. The molecule has 2 amide bonds. The van der Waals surface area contributed by atoms with E-state index < -0.39 is 18.5 Å². The third kappa shape index (κ3) is 5.97. The summed E-state index contributed by atoms with van der Waals surface area (Å²) in [6, 6.07) is 10.1. The highest BCUT2D eigenvalue weighted by molar-refractivity contribution is 5.94. The van der Waals surface area contributed by atoms with Crippen molar-refractivity contribution in [3.8, 4) is 5.75 Å². The van der Waals surface area contributed by atoms with Crippen molar-refractivity contribution in [2.24, 2.45) is 0 Å². The lowest BCUT2D eigenvalue weighted by Gasteiger charge is -2.10. The van der Waals surface area contributed by atoms with E-state index in [1.165, 1.54) is 13.4 Å². The Labute approximate surface area is 150 Å². The number of carbonyl (C=O) groups is 3. The van der Waals surface area contributed by atoms with E-state index in [0.29, 0.717) is 24.4 Å². The molecule has 26 heavy (non-hydrogen) atoms. The van der Waals surface area contributed by atoms with Crippen LogP contribution in [0.1, 0.15) is 23.4 Å². The van der Waals surface area contributed by atoms with Crippen LogP contribution >= 0.6 is 0 Å². The second kappa shape index (κ2) is 9.87. The fourth-order valence-electron chi connectivity index (χ4n) is 2.08. The predicted octanol–water partition coefficient (Wildman–Crippen LogP) is 1.98. The molecule has 0 fully saturated rings. The number of methoxy groups -OCH3 is 1. The van der Waals surface area contributed by atoms with Crippen LogP contribution < -0.4 is 15.4 Å². The van der Waals surface area contributed by atoms with Gasteiger partial charge in [0, 0.05) is 13.0 Å². The molecular formula is C18H20N2O6. The number of hydrogen-bond donors (Lipinski definition) is 2. The number of benzene rings is 1. The normalized spacial score (nSPS) is 10.0. The standard InChI is InChI=1S/C18H20N2O6/c1-24-14-7-3-2-6-13(14)20-16(21)12-26-17(22)9-4-10-19-18(23)15-8-5-11-25-15/h2-3,5-8,11H,4,9-10,12H2,1H3,(H,19,23)(H,20,21). The Morgan fingerprint density at radius 1 is 1.12 bits per heavy atom. The van der Waals surface area contributed by atoms with Crippen LogP contribution in [0.3, 0.4) is 0 Å². The maximum absolute atomic E-state index is 11.8. The predicted molar refractivity (Wildman–Crippen MR) is 92.9 cm³/mol. The molecule has 1 aromatic heterocycles. The van der Waals surface area contributed by atoms with E-state index in [0.717, 1.165) is 0 Å². The van der Waals surface area contributed by atoms with Crippen LogP contribution in [0, 0.1) is 0 Å². The number of rotatable bonds is 9. The number of nitrogens with one attached hydrogen (secondary N) is 2. The van der Waals surface area contributed by atoms with Gasteiger partial charge in [-0.05, 0) is 30.7 Å². The smallest absolute Gasteiger partial charge is 0.306 e. The van der Waals surface area contributed by atoms with E-state index in [9.17, 15) is 14.4 Å². The second-order valence-corrected chi connectivity index (χ2v) is 5.25. The molecule has 0 aliphatic carbocycles. The van der Waals surface area contributed by atoms with Gasteiger partial charge in [0.05, 0.1) is 19.1 Å². The number of esters is 1. The van der Waals surface area contributed by atoms with Gasteiger partial charge in [0.2, 0.25) is 0 Å². The maximum atomic E-state index is 11.8. The Bertz CT molecular complexity index is 742. The van der Waals surface area contributed by atoms with E-state index in [1.54, 1.807) is 36.4 Å². The molecule has 0 spiro atoms. The lowest BCUT2D eigenvalue weighted by atomic mass is 10.3. The minimum atomic E-state index is -0.521. The summed E-state index contributed by atoms with van der Waals surface area (Å²) in [7, 11) is 1.50. The minimum absolute atomic E-state index is 0.0837. The molecule has 8 nitrogen and oxygen atoms in total. The molecule has 0 atom stereocenters. The Balaban J connectivity index is 1.62. The number of amides is 2. The average Bonchev–Trinajstić information content (AvgIpc) is 3.18. The second-order valence-electron chi connectivity index (χ2n) is 5.25. The van der Waals surface area contributed by atoms with E-state index in [2.05, 4.69) is 10.6 Å². The van der Waals surface area contributed by atoms with Crippen molar-refractivity contribution in [1.82, 2.24) is 5.32 Å². The van der Waals surface area contributed by atoms with Gasteiger partial charge in [0.15, 0.2) is 12.4 Å². The molecule has 0 saturated heterocycles. The summed E-state index contributed by atoms with van der Waals surface area (Å²) >= 11 is 0. The number of hydrogen-bond acceptors (Lipinski definition) is 6. The van der Waals surface area contributed by atoms with Crippen molar-refractivity contribution in [3.63, 3.8) is 0 Å². The van der Waals surface area contributed by atoms with Gasteiger partial charge in [-0.15, -0.1) is 0 Å². The van der Waals surface area contributed by atoms with Gasteiger partial charge in [-0.25, -0.2) is 0 Å². The molecule has 0 saturated carbocycles. The largest absolute Gasteiger partial charge is 0.495 e. The zero-order valence-electron chi connectivity index (χ0n) is 14.3. The van der Waals surface area contributed by atoms with Gasteiger partial charge in [0.1, 0.15) is 5.75 Å². The summed E-state index contributed by atoms with van der Waals surface area (Å²) in [5.74, 6) is -0.610. The molecule has 1 aromatic carbocycles. The summed E-state index contributed by atoms with van der Waals surface area (Å²) in [6.07, 6.45) is 1.88. The quantitative estimate of drug-likeness (QED) is 0.523. The van der Waals surface area contributed by atoms with Crippen LogP contribution in [0.15, 0.2) is 47.1 Å². The maximum Gasteiger partial charge on any atom is 0.306 e. The van der Waals surface area contributed by atoms with E-state index in [4.69, 9.17) is 13.9 Å². The van der Waals surface area contributed by atoms with Crippen molar-refractivity contribution < 1.29 is 28.3 Å². The highest BCUT2D eigenvalue weighted by atomic mass is 16.5. The first-order valence-electron chi connectivity index (χ1n) is 8.00. The Morgan fingerprint density at radius 2 is 1.92 bits per heavy atom. The van der Waals surface area contributed by atoms with Gasteiger partial charge >= 0.3 is 5.97 Å². The zero-order chi connectivity index (χ0) is 18.8. The number of para-hydroxylation sites is 2. The van der Waals surface area contributed by atoms with Crippen LogP contribution in [0.4, 0.5) is 5.69 Å². The number of ether oxygens (including phenoxy) is 2. The third-order valence-electron chi connectivity index (χ3n) is 3.33. The summed E-state index contributed by atoms with van der Waals surface area (Å²) < 4.78 is 15.0. The number of anilines is 1. The molecule has 0 aliphatic heterocycles. The zero-order valence-corrected chi connectivity index (χ0v) is 14.3. The van der Waals surface area contributed by atoms with Crippen LogP contribution in [0.2, 0.25) is 0 Å². The van der Waals surface area contributed by atoms with Crippen molar-refractivity contribution in [2.75, 3.05) is 25.6 Å². The Kier molecular flexibility index (Phi) is 7.23. The van der Waals surface area contributed by atoms with Crippen LogP contribution in [0.25, 0.3) is 0 Å². The van der Waals surface area contributed by atoms with Gasteiger partial charge < -0.3 is 24.5 Å². The van der Waals surface area contributed by atoms with Crippen molar-refractivity contribution in [3.05, 3.63) is 48.4 Å². The minimum Gasteiger partial charge on any atom is -0.495 e. The number of carbonyl (C=O) groups excluding carboxylic acids is 3. The fourth-order valence-corrected chi connectivity index (χ4v) is 2.08. The SMILES string of the molecule is COc1ccccc1NC(=O)COC(=O)CCCNC(=O)c1ccco1. The topological polar surface area (TPSA) is 107 Å². The van der Waals surface area contributed by atoms with E-state index >= 15 is 0 Å². The lowest BCUT2D eigenvalue weighted by molar-refractivity contribution is -0.147. The highest BCUT2D eigenvalue weighted by Crippen LogP contribution is 2.22. The first-order valence-corrected chi connectivity index (χ1v) is 8.00. The van der Waals surface area contributed by atoms with E-state index in [1.807, 2.05) is 0 Å². The first kappa shape index (κ1) is 19.0. The van der Waals surface area contributed by atoms with Crippen molar-refractivity contribution >= 4 is 23.5 Å². The fraction of sp³-hybridized carbons (Fsp3) is 0.278. The summed E-state index contributed by atoms with van der Waals surface area (Å²) in [4.78, 5) is 35.1. The summed E-state index contributed by atoms with van der Waals surface area (Å²) in [5, 5.41) is 5.22. The molecular weight excluding hydrogens is 340 g/mol. The molecule has 138 valence electrons. The molecule has 0 bridgehead atoms. The monoisotopic (exact) mass is 360 g/mol. The molecule has 0 radical (unpaired) electrons.